The maximum Gasteiger partial charge on any atom is 0.173 e. The van der Waals surface area contributed by atoms with E-state index in [1.54, 1.807) is 0 Å². The summed E-state index contributed by atoms with van der Waals surface area (Å²) in [6.45, 7) is 1.67. The van der Waals surface area contributed by atoms with Crippen LogP contribution in [-0.4, -0.2) is 59.9 Å². The van der Waals surface area contributed by atoms with Gasteiger partial charge in [0.05, 0.1) is 39.0 Å². The van der Waals surface area contributed by atoms with Gasteiger partial charge in [0.1, 0.15) is 17.5 Å². The number of alkyl halides is 1. The zero-order valence-electron chi connectivity index (χ0n) is 19.3. The van der Waals surface area contributed by atoms with Gasteiger partial charge in [0.2, 0.25) is 0 Å². The van der Waals surface area contributed by atoms with Crippen molar-refractivity contribution in [3.63, 3.8) is 0 Å². The minimum Gasteiger partial charge on any atom is -0.494 e. The van der Waals surface area contributed by atoms with Gasteiger partial charge < -0.3 is 19.5 Å². The number of nitrogens with one attached hydrogen (secondary N) is 1. The maximum atomic E-state index is 15.1. The van der Waals surface area contributed by atoms with Crippen LogP contribution in [0, 0.1) is 11.6 Å². The SMILES string of the molecule is COCC(C)(F)CNC(c1c(F)ccc(OC)c1F)c1nnnn1CCOCc1ccccc1. The van der Waals surface area contributed by atoms with E-state index < -0.39 is 23.3 Å². The number of rotatable bonds is 13. The van der Waals surface area contributed by atoms with E-state index in [4.69, 9.17) is 14.2 Å². The molecule has 0 amide bonds. The van der Waals surface area contributed by atoms with Crippen molar-refractivity contribution in [2.45, 2.75) is 31.8 Å². The summed E-state index contributed by atoms with van der Waals surface area (Å²) >= 11 is 0. The van der Waals surface area contributed by atoms with Crippen molar-refractivity contribution in [1.29, 1.82) is 0 Å². The molecule has 11 heteroatoms. The molecular formula is C23H28F3N5O3. The van der Waals surface area contributed by atoms with Crippen molar-refractivity contribution >= 4 is 0 Å². The van der Waals surface area contributed by atoms with Crippen molar-refractivity contribution in [2.24, 2.45) is 0 Å². The molecule has 0 saturated carbocycles. The number of aromatic nitrogens is 4. The number of tetrazole rings is 1. The molecule has 3 aromatic rings. The van der Waals surface area contributed by atoms with Crippen LogP contribution in [0.3, 0.4) is 0 Å². The molecule has 0 radical (unpaired) electrons. The van der Waals surface area contributed by atoms with E-state index in [-0.39, 0.29) is 43.4 Å². The summed E-state index contributed by atoms with van der Waals surface area (Å²) in [4.78, 5) is 0. The van der Waals surface area contributed by atoms with Crippen LogP contribution in [0.5, 0.6) is 5.75 Å². The largest absolute Gasteiger partial charge is 0.494 e. The molecule has 2 atom stereocenters. The number of hydrogen-bond acceptors (Lipinski definition) is 7. The molecule has 0 spiro atoms. The highest BCUT2D eigenvalue weighted by Crippen LogP contribution is 2.31. The van der Waals surface area contributed by atoms with E-state index in [2.05, 4.69) is 20.8 Å². The monoisotopic (exact) mass is 479 g/mol. The third-order valence-corrected chi connectivity index (χ3v) is 5.10. The molecule has 1 aromatic heterocycles. The zero-order valence-corrected chi connectivity index (χ0v) is 19.3. The van der Waals surface area contributed by atoms with Crippen LogP contribution in [-0.2, 0) is 22.6 Å². The fraction of sp³-hybridized carbons (Fsp3) is 0.435. The van der Waals surface area contributed by atoms with Gasteiger partial charge in [0.25, 0.3) is 0 Å². The normalized spacial score (nSPS) is 14.1. The highest BCUT2D eigenvalue weighted by molar-refractivity contribution is 5.37. The molecule has 2 unspecified atom stereocenters. The van der Waals surface area contributed by atoms with E-state index in [1.807, 2.05) is 30.3 Å². The summed E-state index contributed by atoms with van der Waals surface area (Å²) in [6.07, 6.45) is 0. The Balaban J connectivity index is 1.84. The Kier molecular flexibility index (Phi) is 8.97. The lowest BCUT2D eigenvalue weighted by atomic mass is 10.0. The molecule has 1 N–H and O–H groups in total. The molecule has 0 bridgehead atoms. The second kappa shape index (κ2) is 11.9. The minimum atomic E-state index is -1.81. The van der Waals surface area contributed by atoms with Gasteiger partial charge in [-0.15, -0.1) is 5.10 Å². The van der Waals surface area contributed by atoms with E-state index in [9.17, 15) is 8.78 Å². The maximum absolute atomic E-state index is 15.1. The summed E-state index contributed by atoms with van der Waals surface area (Å²) in [5, 5.41) is 14.4. The standard InChI is InChI=1S/C23H28F3N5O3/c1-23(26,15-32-2)14-27-21(19-17(24)9-10-18(33-3)20(19)25)22-28-29-30-31(22)11-12-34-13-16-7-5-4-6-8-16/h4-10,21,27H,11-15H2,1-3H3. The van der Waals surface area contributed by atoms with Crippen molar-refractivity contribution < 1.29 is 27.4 Å². The Labute approximate surface area is 196 Å². The fourth-order valence-electron chi connectivity index (χ4n) is 3.45. The number of nitrogens with zero attached hydrogens (tertiary/aromatic N) is 4. The molecule has 184 valence electrons. The Bertz CT molecular complexity index is 1050. The molecule has 1 heterocycles. The lowest BCUT2D eigenvalue weighted by Gasteiger charge is -2.25. The molecule has 3 rings (SSSR count). The van der Waals surface area contributed by atoms with Crippen molar-refractivity contribution in [1.82, 2.24) is 25.5 Å². The number of methoxy groups -OCH3 is 2. The van der Waals surface area contributed by atoms with Gasteiger partial charge in [-0.3, -0.25) is 0 Å². The van der Waals surface area contributed by atoms with Gasteiger partial charge in [0, 0.05) is 13.7 Å². The Morgan fingerprint density at radius 3 is 2.59 bits per heavy atom. The molecule has 0 aliphatic carbocycles. The summed E-state index contributed by atoms with van der Waals surface area (Å²) in [7, 11) is 2.64. The van der Waals surface area contributed by atoms with Crippen molar-refractivity contribution in [3.8, 4) is 5.75 Å². The van der Waals surface area contributed by atoms with Crippen LogP contribution < -0.4 is 10.1 Å². The highest BCUT2D eigenvalue weighted by Gasteiger charge is 2.32. The summed E-state index contributed by atoms with van der Waals surface area (Å²) in [6, 6.07) is 10.7. The van der Waals surface area contributed by atoms with Gasteiger partial charge in [-0.1, -0.05) is 30.3 Å². The van der Waals surface area contributed by atoms with E-state index >= 15 is 4.39 Å². The Morgan fingerprint density at radius 2 is 1.88 bits per heavy atom. The summed E-state index contributed by atoms with van der Waals surface area (Å²) in [5.74, 6) is -1.84. The average Bonchev–Trinajstić information content (AvgIpc) is 3.28. The molecule has 34 heavy (non-hydrogen) atoms. The van der Waals surface area contributed by atoms with Crippen LogP contribution in [0.4, 0.5) is 13.2 Å². The number of ether oxygens (including phenoxy) is 3. The second-order valence-electron chi connectivity index (χ2n) is 7.94. The molecular weight excluding hydrogens is 451 g/mol. The third kappa shape index (κ3) is 6.52. The Morgan fingerprint density at radius 1 is 1.12 bits per heavy atom. The quantitative estimate of drug-likeness (QED) is 0.377. The van der Waals surface area contributed by atoms with E-state index in [1.165, 1.54) is 31.9 Å². The molecule has 8 nitrogen and oxygen atoms in total. The third-order valence-electron chi connectivity index (χ3n) is 5.10. The number of halogens is 3. The predicted octanol–water partition coefficient (Wildman–Crippen LogP) is 3.23. The molecule has 0 aliphatic heterocycles. The van der Waals surface area contributed by atoms with Gasteiger partial charge in [0.15, 0.2) is 17.4 Å². The molecule has 0 fully saturated rings. The van der Waals surface area contributed by atoms with E-state index in [0.29, 0.717) is 6.61 Å². The van der Waals surface area contributed by atoms with Gasteiger partial charge >= 0.3 is 0 Å². The predicted molar refractivity (Wildman–Crippen MR) is 118 cm³/mol. The summed E-state index contributed by atoms with van der Waals surface area (Å²) in [5.41, 5.74) is -1.19. The number of benzene rings is 2. The van der Waals surface area contributed by atoms with Gasteiger partial charge in [-0.2, -0.15) is 0 Å². The van der Waals surface area contributed by atoms with Crippen LogP contribution in [0.2, 0.25) is 0 Å². The fourth-order valence-corrected chi connectivity index (χ4v) is 3.45. The van der Waals surface area contributed by atoms with Gasteiger partial charge in [-0.25, -0.2) is 17.9 Å². The Hall–Kier alpha value is -3.02. The topological polar surface area (TPSA) is 83.3 Å². The lowest BCUT2D eigenvalue weighted by Crippen LogP contribution is -2.41. The number of hydrogen-bond donors (Lipinski definition) is 1. The second-order valence-corrected chi connectivity index (χ2v) is 7.94. The molecule has 0 aliphatic rings. The smallest absolute Gasteiger partial charge is 0.173 e. The zero-order chi connectivity index (χ0) is 24.6. The van der Waals surface area contributed by atoms with Crippen LogP contribution >= 0.6 is 0 Å². The first-order chi connectivity index (χ1) is 16.4. The molecule has 2 aromatic carbocycles. The van der Waals surface area contributed by atoms with E-state index in [0.717, 1.165) is 11.6 Å². The molecule has 0 saturated heterocycles. The summed E-state index contributed by atoms with van der Waals surface area (Å²) < 4.78 is 61.7. The average molecular weight is 480 g/mol. The van der Waals surface area contributed by atoms with Gasteiger partial charge in [-0.05, 0) is 35.0 Å². The van der Waals surface area contributed by atoms with Crippen LogP contribution in [0.25, 0.3) is 0 Å². The van der Waals surface area contributed by atoms with Crippen molar-refractivity contribution in [3.05, 3.63) is 71.1 Å². The van der Waals surface area contributed by atoms with Crippen LogP contribution in [0.1, 0.15) is 29.9 Å². The highest BCUT2D eigenvalue weighted by atomic mass is 19.1. The first-order valence-corrected chi connectivity index (χ1v) is 10.7. The minimum absolute atomic E-state index is 0.0996. The van der Waals surface area contributed by atoms with Crippen LogP contribution in [0.15, 0.2) is 42.5 Å². The van der Waals surface area contributed by atoms with Crippen molar-refractivity contribution in [2.75, 3.05) is 34.0 Å². The first-order valence-electron chi connectivity index (χ1n) is 10.7. The lowest BCUT2D eigenvalue weighted by molar-refractivity contribution is 0.0528. The first kappa shape index (κ1) is 25.6.